The fourth-order valence-electron chi connectivity index (χ4n) is 5.55. The highest BCUT2D eigenvalue weighted by Gasteiger charge is 2.67. The Labute approximate surface area is 211 Å². The molecule has 1 fully saturated rings. The summed E-state index contributed by atoms with van der Waals surface area (Å²) in [6.07, 6.45) is 1.10. The molecule has 0 saturated carbocycles. The molecule has 2 aromatic carbocycles. The van der Waals surface area contributed by atoms with Gasteiger partial charge in [0.05, 0.1) is 12.6 Å². The number of benzene rings is 2. The molecule has 2 aromatic rings. The van der Waals surface area contributed by atoms with Gasteiger partial charge < -0.3 is 15.4 Å². The van der Waals surface area contributed by atoms with Gasteiger partial charge in [0.25, 0.3) is 0 Å². The van der Waals surface area contributed by atoms with Crippen LogP contribution in [0.5, 0.6) is 0 Å². The van der Waals surface area contributed by atoms with Crippen molar-refractivity contribution in [2.75, 3.05) is 11.9 Å². The first-order chi connectivity index (χ1) is 16.7. The minimum atomic E-state index is -2.74. The maximum Gasteiger partial charge on any atom is 0.238 e. The van der Waals surface area contributed by atoms with Crippen molar-refractivity contribution in [3.05, 3.63) is 87.6 Å². The Balaban J connectivity index is 1.75. The van der Waals surface area contributed by atoms with E-state index >= 15 is 8.78 Å². The quantitative estimate of drug-likeness (QED) is 0.569. The molecule has 2 unspecified atom stereocenters. The van der Waals surface area contributed by atoms with Gasteiger partial charge in [0, 0.05) is 28.1 Å². The van der Waals surface area contributed by atoms with E-state index in [1.54, 1.807) is 49.4 Å². The van der Waals surface area contributed by atoms with Crippen molar-refractivity contribution in [3.8, 4) is 0 Å². The van der Waals surface area contributed by atoms with Crippen molar-refractivity contribution in [1.82, 2.24) is 5.32 Å². The Kier molecular flexibility index (Phi) is 5.88. The molecule has 2 heterocycles. The van der Waals surface area contributed by atoms with E-state index in [9.17, 15) is 9.59 Å². The predicted octanol–water partition coefficient (Wildman–Crippen LogP) is 5.39. The highest BCUT2D eigenvalue weighted by atomic mass is 35.5. The molecule has 3 aliphatic rings. The van der Waals surface area contributed by atoms with Crippen LogP contribution in [0.3, 0.4) is 0 Å². The van der Waals surface area contributed by atoms with E-state index in [1.165, 1.54) is 6.08 Å². The summed E-state index contributed by atoms with van der Waals surface area (Å²) < 4.78 is 37.8. The average Bonchev–Trinajstić information content (AvgIpc) is 3.09. The number of alkyl halides is 2. The summed E-state index contributed by atoms with van der Waals surface area (Å²) in [4.78, 5) is 26.8. The summed E-state index contributed by atoms with van der Waals surface area (Å²) in [6, 6.07) is 9.95. The third kappa shape index (κ3) is 3.64. The van der Waals surface area contributed by atoms with E-state index in [0.717, 1.165) is 12.2 Å². The Morgan fingerprint density at radius 2 is 1.91 bits per heavy atom. The second kappa shape index (κ2) is 8.64. The lowest BCUT2D eigenvalue weighted by Crippen LogP contribution is -2.70. The Morgan fingerprint density at radius 3 is 2.63 bits per heavy atom. The zero-order valence-corrected chi connectivity index (χ0v) is 20.2. The van der Waals surface area contributed by atoms with Gasteiger partial charge in [-0.25, -0.2) is 8.78 Å². The van der Waals surface area contributed by atoms with Gasteiger partial charge in [0.15, 0.2) is 11.8 Å². The van der Waals surface area contributed by atoms with E-state index in [1.807, 2.05) is 0 Å². The zero-order valence-electron chi connectivity index (χ0n) is 18.7. The SMILES string of the molecule is CCOC1=CC(F)C(F)([C@H]2NC(=O)C[C@H](c3cccc(Cl)c3)[C@@]23C(=O)Nc2cc(Cl)ccc23)C=C1. The number of halogens is 4. The minimum Gasteiger partial charge on any atom is -0.494 e. The lowest BCUT2D eigenvalue weighted by Gasteiger charge is -2.51. The first-order valence-corrected chi connectivity index (χ1v) is 12.0. The normalized spacial score (nSPS) is 31.6. The lowest BCUT2D eigenvalue weighted by molar-refractivity contribution is -0.135. The highest BCUT2D eigenvalue weighted by molar-refractivity contribution is 6.31. The highest BCUT2D eigenvalue weighted by Crippen LogP contribution is 2.57. The predicted molar refractivity (Wildman–Crippen MR) is 130 cm³/mol. The van der Waals surface area contributed by atoms with E-state index in [-0.39, 0.29) is 18.8 Å². The van der Waals surface area contributed by atoms with Crippen LogP contribution in [0.2, 0.25) is 10.0 Å². The number of piperidine rings is 1. The van der Waals surface area contributed by atoms with Crippen LogP contribution in [0, 0.1) is 0 Å². The fraction of sp³-hybridized carbons (Fsp3) is 0.308. The van der Waals surface area contributed by atoms with E-state index in [2.05, 4.69) is 10.6 Å². The summed E-state index contributed by atoms with van der Waals surface area (Å²) in [5.74, 6) is -1.70. The molecule has 5 rings (SSSR count). The van der Waals surface area contributed by atoms with Crippen LogP contribution in [0.1, 0.15) is 30.4 Å². The van der Waals surface area contributed by atoms with Crippen LogP contribution in [0.25, 0.3) is 0 Å². The summed E-state index contributed by atoms with van der Waals surface area (Å²) >= 11 is 12.4. The third-order valence-electron chi connectivity index (χ3n) is 6.99. The zero-order chi connectivity index (χ0) is 25.0. The van der Waals surface area contributed by atoms with Crippen LogP contribution >= 0.6 is 23.2 Å². The summed E-state index contributed by atoms with van der Waals surface area (Å²) in [5, 5.41) is 6.20. The van der Waals surface area contributed by atoms with Crippen LogP contribution in [0.4, 0.5) is 14.5 Å². The Hall–Kier alpha value is -2.90. The molecule has 2 N–H and O–H groups in total. The molecule has 0 bridgehead atoms. The molecule has 9 heteroatoms. The molecule has 2 aliphatic heterocycles. The van der Waals surface area contributed by atoms with Gasteiger partial charge >= 0.3 is 0 Å². The second-order valence-electron chi connectivity index (χ2n) is 8.89. The number of carbonyl (C=O) groups is 2. The number of hydrogen-bond donors (Lipinski definition) is 2. The smallest absolute Gasteiger partial charge is 0.238 e. The van der Waals surface area contributed by atoms with Crippen molar-refractivity contribution in [2.45, 2.75) is 42.6 Å². The molecule has 0 radical (unpaired) electrons. The molecule has 5 atom stereocenters. The second-order valence-corrected chi connectivity index (χ2v) is 9.76. The molecule has 35 heavy (non-hydrogen) atoms. The number of anilines is 1. The fourth-order valence-corrected chi connectivity index (χ4v) is 5.92. The topological polar surface area (TPSA) is 67.4 Å². The van der Waals surface area contributed by atoms with Crippen LogP contribution in [-0.4, -0.2) is 36.3 Å². The molecule has 182 valence electrons. The van der Waals surface area contributed by atoms with Gasteiger partial charge in [-0.15, -0.1) is 0 Å². The van der Waals surface area contributed by atoms with Gasteiger partial charge in [-0.3, -0.25) is 9.59 Å². The van der Waals surface area contributed by atoms with Gasteiger partial charge in [0.2, 0.25) is 11.8 Å². The van der Waals surface area contributed by atoms with Crippen molar-refractivity contribution < 1.29 is 23.1 Å². The molecular formula is C26H22Cl2F2N2O3. The standard InChI is InChI=1S/C26H22Cl2F2N2O3/c1-2-35-17-8-9-25(30,21(29)12-17)23-26(18-7-6-16(28)11-20(18)31-24(26)34)19(13-22(33)32-23)14-4-3-5-15(27)10-14/h3-12,19,21,23H,2,13H2,1H3,(H,31,34)(H,32,33)/t19-,21?,23-,25?,26-/m1/s1. The van der Waals surface area contributed by atoms with Crippen molar-refractivity contribution in [1.29, 1.82) is 0 Å². The third-order valence-corrected chi connectivity index (χ3v) is 7.46. The van der Waals surface area contributed by atoms with E-state index in [0.29, 0.717) is 26.9 Å². The molecule has 1 saturated heterocycles. The largest absolute Gasteiger partial charge is 0.494 e. The molecule has 1 spiro atoms. The number of ether oxygens (including phenoxy) is 1. The van der Waals surface area contributed by atoms with Gasteiger partial charge in [-0.2, -0.15) is 0 Å². The van der Waals surface area contributed by atoms with Gasteiger partial charge in [-0.05, 0) is 60.5 Å². The number of carbonyl (C=O) groups excluding carboxylic acids is 2. The monoisotopic (exact) mass is 518 g/mol. The van der Waals surface area contributed by atoms with E-state index in [4.69, 9.17) is 27.9 Å². The minimum absolute atomic E-state index is 0.122. The first-order valence-electron chi connectivity index (χ1n) is 11.2. The molecule has 2 amide bonds. The van der Waals surface area contributed by atoms with Crippen molar-refractivity contribution >= 4 is 40.7 Å². The molecule has 1 aliphatic carbocycles. The summed E-state index contributed by atoms with van der Waals surface area (Å²) in [6.45, 7) is 2.01. The van der Waals surface area contributed by atoms with Gasteiger partial charge in [-0.1, -0.05) is 41.4 Å². The first kappa shape index (κ1) is 23.8. The summed E-state index contributed by atoms with van der Waals surface area (Å²) in [5.41, 5.74) is -3.04. The maximum absolute atomic E-state index is 16.8. The average molecular weight is 519 g/mol. The molecule has 5 nitrogen and oxygen atoms in total. The number of allylic oxidation sites excluding steroid dienone is 2. The van der Waals surface area contributed by atoms with E-state index < -0.39 is 41.0 Å². The van der Waals surface area contributed by atoms with Crippen LogP contribution in [-0.2, 0) is 19.7 Å². The van der Waals surface area contributed by atoms with Crippen molar-refractivity contribution in [2.24, 2.45) is 0 Å². The van der Waals surface area contributed by atoms with Crippen LogP contribution in [0.15, 0.2) is 66.5 Å². The Morgan fingerprint density at radius 1 is 1.14 bits per heavy atom. The van der Waals surface area contributed by atoms with Gasteiger partial charge in [0.1, 0.15) is 11.2 Å². The molecule has 0 aromatic heterocycles. The number of nitrogens with one attached hydrogen (secondary N) is 2. The number of fused-ring (bicyclic) bond motifs is 2. The lowest BCUT2D eigenvalue weighted by atomic mass is 9.56. The maximum atomic E-state index is 16.8. The van der Waals surface area contributed by atoms with Crippen molar-refractivity contribution in [3.63, 3.8) is 0 Å². The number of hydrogen-bond acceptors (Lipinski definition) is 3. The molecular weight excluding hydrogens is 497 g/mol. The number of amides is 2. The number of rotatable bonds is 4. The van der Waals surface area contributed by atoms with Crippen LogP contribution < -0.4 is 10.6 Å². The summed E-state index contributed by atoms with van der Waals surface area (Å²) in [7, 11) is 0. The Bertz CT molecular complexity index is 1280.